The van der Waals surface area contributed by atoms with Crippen LogP contribution in [0.5, 0.6) is 11.5 Å². The summed E-state index contributed by atoms with van der Waals surface area (Å²) in [6, 6.07) is 14.9. The van der Waals surface area contributed by atoms with Gasteiger partial charge in [-0.3, -0.25) is 9.69 Å². The van der Waals surface area contributed by atoms with Gasteiger partial charge in [-0.2, -0.15) is 0 Å². The third-order valence-corrected chi connectivity index (χ3v) is 5.63. The summed E-state index contributed by atoms with van der Waals surface area (Å²) in [5, 5.41) is 0.687. The highest BCUT2D eigenvalue weighted by Gasteiger charge is 2.30. The average molecular weight is 446 g/mol. The van der Waals surface area contributed by atoms with Crippen LogP contribution in [0, 0.1) is 0 Å². The molecule has 1 heterocycles. The van der Waals surface area contributed by atoms with E-state index in [1.807, 2.05) is 42.5 Å². The van der Waals surface area contributed by atoms with Gasteiger partial charge in [0.2, 0.25) is 0 Å². The Morgan fingerprint density at radius 1 is 1.03 bits per heavy atom. The fourth-order valence-corrected chi connectivity index (χ4v) is 3.97. The topological polar surface area (TPSA) is 38.8 Å². The lowest BCUT2D eigenvalue weighted by atomic mass is 10.2. The monoisotopic (exact) mass is 445 g/mol. The molecule has 1 aliphatic heterocycles. The van der Waals surface area contributed by atoms with Crippen LogP contribution in [0.2, 0.25) is 5.02 Å². The summed E-state index contributed by atoms with van der Waals surface area (Å²) in [6.45, 7) is 5.20. The molecule has 0 aromatic heterocycles. The maximum atomic E-state index is 12.4. The van der Waals surface area contributed by atoms with Crippen molar-refractivity contribution in [3.63, 3.8) is 0 Å². The number of halogens is 1. The highest BCUT2D eigenvalue weighted by atomic mass is 35.5. The predicted octanol–water partition coefficient (Wildman–Crippen LogP) is 5.58. The SMILES string of the molecule is C=CCN1C(=O)/C(=C\c2ccc(OCCCOc3ccc(Cl)cc3)cc2)SC1=S. The third kappa shape index (κ3) is 6.10. The van der Waals surface area contributed by atoms with Crippen LogP contribution in [0.1, 0.15) is 12.0 Å². The van der Waals surface area contributed by atoms with E-state index in [2.05, 4.69) is 6.58 Å². The van der Waals surface area contributed by atoms with Crippen LogP contribution in [0.4, 0.5) is 0 Å². The fraction of sp³-hybridized carbons (Fsp3) is 0.182. The van der Waals surface area contributed by atoms with Gasteiger partial charge in [0.05, 0.1) is 18.1 Å². The van der Waals surface area contributed by atoms with Gasteiger partial charge in [0.15, 0.2) is 0 Å². The molecule has 0 saturated carbocycles. The quantitative estimate of drug-likeness (QED) is 0.218. The smallest absolute Gasteiger partial charge is 0.266 e. The zero-order valence-corrected chi connectivity index (χ0v) is 18.1. The Bertz CT molecular complexity index is 911. The first kappa shape index (κ1) is 21.4. The van der Waals surface area contributed by atoms with Crippen LogP contribution in [-0.4, -0.2) is 34.9 Å². The Kier molecular flexibility index (Phi) is 7.75. The average Bonchev–Trinajstić information content (AvgIpc) is 2.98. The van der Waals surface area contributed by atoms with Gasteiger partial charge in [-0.15, -0.1) is 6.58 Å². The molecule has 0 atom stereocenters. The molecule has 7 heteroatoms. The van der Waals surface area contributed by atoms with Crippen molar-refractivity contribution in [1.29, 1.82) is 0 Å². The van der Waals surface area contributed by atoms with E-state index in [9.17, 15) is 4.79 Å². The Balaban J connectivity index is 1.45. The van der Waals surface area contributed by atoms with Crippen LogP contribution in [0.15, 0.2) is 66.1 Å². The van der Waals surface area contributed by atoms with E-state index < -0.39 is 0 Å². The second kappa shape index (κ2) is 10.5. The van der Waals surface area contributed by atoms with Crippen molar-refractivity contribution in [1.82, 2.24) is 4.90 Å². The summed E-state index contributed by atoms with van der Waals surface area (Å²) in [7, 11) is 0. The Labute approximate surface area is 185 Å². The number of carbonyl (C=O) groups is 1. The molecule has 0 unspecified atom stereocenters. The van der Waals surface area contributed by atoms with Crippen molar-refractivity contribution in [3.8, 4) is 11.5 Å². The maximum Gasteiger partial charge on any atom is 0.266 e. The first-order valence-electron chi connectivity index (χ1n) is 9.04. The number of thioether (sulfide) groups is 1. The number of hydrogen-bond acceptors (Lipinski definition) is 5. The largest absolute Gasteiger partial charge is 0.493 e. The standard InChI is InChI=1S/C22H20ClNO3S2/c1-2-12-24-21(25)20(29-22(24)28)15-16-4-8-18(9-5-16)26-13-3-14-27-19-10-6-17(23)7-11-19/h2,4-11,15H,1,3,12-14H2/b20-15+. The van der Waals surface area contributed by atoms with E-state index in [-0.39, 0.29) is 5.91 Å². The van der Waals surface area contributed by atoms with Crippen molar-refractivity contribution >= 4 is 51.9 Å². The maximum absolute atomic E-state index is 12.4. The van der Waals surface area contributed by atoms with Gasteiger partial charge in [-0.25, -0.2) is 0 Å². The Morgan fingerprint density at radius 2 is 1.62 bits per heavy atom. The van der Waals surface area contributed by atoms with Gasteiger partial charge in [0.1, 0.15) is 15.8 Å². The molecule has 2 aromatic carbocycles. The number of carbonyl (C=O) groups excluding carboxylic acids is 1. The van der Waals surface area contributed by atoms with E-state index >= 15 is 0 Å². The Hall–Kier alpha value is -2.28. The van der Waals surface area contributed by atoms with E-state index in [1.54, 1.807) is 23.1 Å². The van der Waals surface area contributed by atoms with Crippen LogP contribution in [0.25, 0.3) is 6.08 Å². The molecule has 0 spiro atoms. The van der Waals surface area contributed by atoms with Crippen molar-refractivity contribution in [2.45, 2.75) is 6.42 Å². The van der Waals surface area contributed by atoms with E-state index in [4.69, 9.17) is 33.3 Å². The number of nitrogens with zero attached hydrogens (tertiary/aromatic N) is 1. The summed E-state index contributed by atoms with van der Waals surface area (Å²) in [5.74, 6) is 1.48. The third-order valence-electron chi connectivity index (χ3n) is 4.00. The molecule has 1 aliphatic rings. The van der Waals surface area contributed by atoms with Crippen LogP contribution in [-0.2, 0) is 4.79 Å². The minimum Gasteiger partial charge on any atom is -0.493 e. The second-order valence-corrected chi connectivity index (χ2v) is 8.27. The minimum absolute atomic E-state index is 0.0825. The predicted molar refractivity (Wildman–Crippen MR) is 124 cm³/mol. The number of hydrogen-bond donors (Lipinski definition) is 0. The molecule has 1 saturated heterocycles. The van der Waals surface area contributed by atoms with E-state index in [0.29, 0.717) is 34.0 Å². The summed E-state index contributed by atoms with van der Waals surface area (Å²) in [4.78, 5) is 14.5. The molecule has 0 N–H and O–H groups in total. The minimum atomic E-state index is -0.0825. The molecule has 150 valence electrons. The van der Waals surface area contributed by atoms with Gasteiger partial charge in [-0.05, 0) is 48.0 Å². The fourth-order valence-electron chi connectivity index (χ4n) is 2.57. The zero-order chi connectivity index (χ0) is 20.6. The lowest BCUT2D eigenvalue weighted by Gasteiger charge is -2.10. The van der Waals surface area contributed by atoms with Crippen molar-refractivity contribution in [2.75, 3.05) is 19.8 Å². The molecular formula is C22H20ClNO3S2. The number of rotatable bonds is 9. The summed E-state index contributed by atoms with van der Waals surface area (Å²) >= 11 is 12.4. The summed E-state index contributed by atoms with van der Waals surface area (Å²) in [6.07, 6.45) is 4.27. The molecule has 1 fully saturated rings. The van der Waals surface area contributed by atoms with Gasteiger partial charge < -0.3 is 9.47 Å². The van der Waals surface area contributed by atoms with E-state index in [1.165, 1.54) is 11.8 Å². The number of amides is 1. The Morgan fingerprint density at radius 3 is 2.21 bits per heavy atom. The summed E-state index contributed by atoms with van der Waals surface area (Å²) < 4.78 is 11.9. The summed E-state index contributed by atoms with van der Waals surface area (Å²) in [5.41, 5.74) is 0.919. The first-order chi connectivity index (χ1) is 14.1. The van der Waals surface area contributed by atoms with Crippen molar-refractivity contribution in [3.05, 3.63) is 76.7 Å². The first-order valence-corrected chi connectivity index (χ1v) is 10.6. The molecule has 29 heavy (non-hydrogen) atoms. The van der Waals surface area contributed by atoms with Crippen molar-refractivity contribution < 1.29 is 14.3 Å². The van der Waals surface area contributed by atoms with Gasteiger partial charge in [0, 0.05) is 18.0 Å². The van der Waals surface area contributed by atoms with Gasteiger partial charge in [-0.1, -0.05) is 53.8 Å². The lowest BCUT2D eigenvalue weighted by molar-refractivity contribution is -0.121. The number of thiocarbonyl (C=S) groups is 1. The van der Waals surface area contributed by atoms with Crippen molar-refractivity contribution in [2.24, 2.45) is 0 Å². The zero-order valence-electron chi connectivity index (χ0n) is 15.7. The number of benzene rings is 2. The molecule has 3 rings (SSSR count). The van der Waals surface area contributed by atoms with Gasteiger partial charge >= 0.3 is 0 Å². The van der Waals surface area contributed by atoms with Crippen LogP contribution in [0.3, 0.4) is 0 Å². The molecule has 0 aliphatic carbocycles. The molecule has 1 amide bonds. The normalized spacial score (nSPS) is 15.1. The molecular weight excluding hydrogens is 426 g/mol. The van der Waals surface area contributed by atoms with E-state index in [0.717, 1.165) is 23.5 Å². The molecule has 2 aromatic rings. The van der Waals surface area contributed by atoms with Crippen LogP contribution < -0.4 is 9.47 Å². The molecule has 0 radical (unpaired) electrons. The molecule has 0 bridgehead atoms. The highest BCUT2D eigenvalue weighted by Crippen LogP contribution is 2.32. The highest BCUT2D eigenvalue weighted by molar-refractivity contribution is 8.26. The lowest BCUT2D eigenvalue weighted by Crippen LogP contribution is -2.27. The van der Waals surface area contributed by atoms with Crippen LogP contribution >= 0.6 is 35.6 Å². The second-order valence-electron chi connectivity index (χ2n) is 6.15. The molecule has 4 nitrogen and oxygen atoms in total. The van der Waals surface area contributed by atoms with Gasteiger partial charge in [0.25, 0.3) is 5.91 Å². The number of ether oxygens (including phenoxy) is 2.